The summed E-state index contributed by atoms with van der Waals surface area (Å²) < 4.78 is 52.1. The lowest BCUT2D eigenvalue weighted by Crippen LogP contribution is -2.27. The molecule has 3 heterocycles. The van der Waals surface area contributed by atoms with Crippen molar-refractivity contribution in [2.45, 2.75) is 11.2 Å². The number of para-hydroxylation sites is 1. The second-order valence-corrected chi connectivity index (χ2v) is 10.2. The minimum atomic E-state index is -4.04. The fourth-order valence-electron chi connectivity index (χ4n) is 4.38. The predicted molar refractivity (Wildman–Crippen MR) is 141 cm³/mol. The Kier molecular flexibility index (Phi) is 6.28. The molecule has 0 amide bonds. The number of anilines is 2. The van der Waals surface area contributed by atoms with E-state index in [1.807, 2.05) is 6.07 Å². The summed E-state index contributed by atoms with van der Waals surface area (Å²) in [5, 5.41) is 0.498. The summed E-state index contributed by atoms with van der Waals surface area (Å²) in [7, 11) is -2.49. The number of hydrogen-bond acceptors (Lipinski definition) is 8. The van der Waals surface area contributed by atoms with Gasteiger partial charge in [-0.15, -0.1) is 0 Å². The van der Waals surface area contributed by atoms with E-state index in [4.69, 9.17) is 18.6 Å². The first-order valence-electron chi connectivity index (χ1n) is 11.9. The van der Waals surface area contributed by atoms with Crippen molar-refractivity contribution in [1.29, 1.82) is 0 Å². The number of methoxy groups -OCH3 is 1. The standard InChI is InChI=1S/C28H23N3O6S/c1-34-26-17-23-21(16-22(26)24-12-13-25(37-24)28-35-14-15-36-28)27(30-18-29-23)31(19-8-4-2-5-9-19)38(32,33)20-10-6-3-7-11-20/h2-13,16-18,28H,14-15H2,1H3. The molecular formula is C28H23N3O6S. The molecule has 2 aromatic heterocycles. The molecule has 0 atom stereocenters. The van der Waals surface area contributed by atoms with E-state index in [1.165, 1.54) is 10.6 Å². The Morgan fingerprint density at radius 2 is 1.61 bits per heavy atom. The summed E-state index contributed by atoms with van der Waals surface area (Å²) in [5.41, 5.74) is 1.55. The number of benzene rings is 3. The van der Waals surface area contributed by atoms with E-state index in [2.05, 4.69) is 9.97 Å². The van der Waals surface area contributed by atoms with Gasteiger partial charge in [-0.1, -0.05) is 36.4 Å². The van der Waals surface area contributed by atoms with Gasteiger partial charge in [-0.05, 0) is 42.5 Å². The van der Waals surface area contributed by atoms with Gasteiger partial charge >= 0.3 is 0 Å². The van der Waals surface area contributed by atoms with Crippen LogP contribution in [0.25, 0.3) is 22.2 Å². The van der Waals surface area contributed by atoms with Crippen molar-refractivity contribution in [2.75, 3.05) is 24.6 Å². The summed E-state index contributed by atoms with van der Waals surface area (Å²) in [6.45, 7) is 0.984. The number of ether oxygens (including phenoxy) is 3. The third-order valence-corrected chi connectivity index (χ3v) is 7.88. The van der Waals surface area contributed by atoms with Gasteiger partial charge in [0.05, 0.1) is 42.0 Å². The lowest BCUT2D eigenvalue weighted by Gasteiger charge is -2.25. The van der Waals surface area contributed by atoms with Crippen LogP contribution in [0.15, 0.2) is 101 Å². The molecule has 9 nitrogen and oxygen atoms in total. The fraction of sp³-hybridized carbons (Fsp3) is 0.143. The van der Waals surface area contributed by atoms with E-state index in [9.17, 15) is 8.42 Å². The average molecular weight is 530 g/mol. The van der Waals surface area contributed by atoms with Crippen molar-refractivity contribution in [2.24, 2.45) is 0 Å². The minimum Gasteiger partial charge on any atom is -0.496 e. The zero-order chi connectivity index (χ0) is 26.1. The van der Waals surface area contributed by atoms with Crippen LogP contribution < -0.4 is 9.04 Å². The number of aromatic nitrogens is 2. The smallest absolute Gasteiger partial charge is 0.269 e. The van der Waals surface area contributed by atoms with E-state index < -0.39 is 16.3 Å². The molecule has 1 fully saturated rings. The largest absolute Gasteiger partial charge is 0.496 e. The normalized spacial score (nSPS) is 14.1. The highest BCUT2D eigenvalue weighted by atomic mass is 32.2. The van der Waals surface area contributed by atoms with Crippen molar-refractivity contribution in [1.82, 2.24) is 9.97 Å². The van der Waals surface area contributed by atoms with Gasteiger partial charge < -0.3 is 18.6 Å². The number of hydrogen-bond donors (Lipinski definition) is 0. The van der Waals surface area contributed by atoms with E-state index in [-0.39, 0.29) is 10.7 Å². The number of rotatable bonds is 7. The quantitative estimate of drug-likeness (QED) is 0.273. The van der Waals surface area contributed by atoms with Crippen LogP contribution in [0.2, 0.25) is 0 Å². The maximum Gasteiger partial charge on any atom is 0.269 e. The molecule has 1 saturated heterocycles. The van der Waals surface area contributed by atoms with Crippen molar-refractivity contribution < 1.29 is 27.0 Å². The van der Waals surface area contributed by atoms with Crippen LogP contribution in [0.1, 0.15) is 12.1 Å². The molecule has 0 spiro atoms. The SMILES string of the molecule is COc1cc2ncnc(N(c3ccccc3)S(=O)(=O)c3ccccc3)c2cc1-c1ccc(C2OCCO2)o1. The van der Waals surface area contributed by atoms with Crippen LogP contribution >= 0.6 is 0 Å². The van der Waals surface area contributed by atoms with Crippen LogP contribution in [-0.2, 0) is 19.5 Å². The van der Waals surface area contributed by atoms with Gasteiger partial charge in [0.1, 0.15) is 17.8 Å². The Hall–Kier alpha value is -4.25. The lowest BCUT2D eigenvalue weighted by molar-refractivity contribution is -0.0585. The Labute approximate surface area is 219 Å². The van der Waals surface area contributed by atoms with E-state index in [0.29, 0.717) is 52.6 Å². The summed E-state index contributed by atoms with van der Waals surface area (Å²) in [6, 6.07) is 24.2. The molecule has 0 bridgehead atoms. The maximum absolute atomic E-state index is 14.0. The molecule has 0 aliphatic carbocycles. The average Bonchev–Trinajstić information content (AvgIpc) is 3.66. The first kappa shape index (κ1) is 24.1. The third kappa shape index (κ3) is 4.28. The molecule has 5 aromatic rings. The van der Waals surface area contributed by atoms with Crippen molar-refractivity contribution in [3.63, 3.8) is 0 Å². The van der Waals surface area contributed by atoms with E-state index >= 15 is 0 Å². The first-order valence-corrected chi connectivity index (χ1v) is 13.3. The van der Waals surface area contributed by atoms with E-state index in [1.54, 1.807) is 86.0 Å². The van der Waals surface area contributed by atoms with Crippen LogP contribution in [-0.4, -0.2) is 38.7 Å². The molecule has 38 heavy (non-hydrogen) atoms. The number of fused-ring (bicyclic) bond motifs is 1. The van der Waals surface area contributed by atoms with Gasteiger partial charge in [-0.3, -0.25) is 0 Å². The molecule has 1 aliphatic heterocycles. The van der Waals surface area contributed by atoms with Gasteiger partial charge in [0.15, 0.2) is 11.6 Å². The Balaban J connectivity index is 1.55. The van der Waals surface area contributed by atoms with Crippen LogP contribution in [0.5, 0.6) is 5.75 Å². The molecule has 0 saturated carbocycles. The summed E-state index contributed by atoms with van der Waals surface area (Å²) in [6.07, 6.45) is 0.770. The molecule has 3 aromatic carbocycles. The number of sulfonamides is 1. The van der Waals surface area contributed by atoms with Gasteiger partial charge in [-0.25, -0.2) is 22.7 Å². The Bertz CT molecular complexity index is 1680. The summed E-state index contributed by atoms with van der Waals surface area (Å²) in [5.74, 6) is 1.74. The van der Waals surface area contributed by atoms with Crippen molar-refractivity contribution in [3.8, 4) is 17.1 Å². The number of furan rings is 1. The topological polar surface area (TPSA) is 104 Å². The zero-order valence-electron chi connectivity index (χ0n) is 20.4. The molecule has 0 unspecified atom stereocenters. The van der Waals surface area contributed by atoms with Gasteiger partial charge in [-0.2, -0.15) is 0 Å². The molecule has 10 heteroatoms. The van der Waals surface area contributed by atoms with Gasteiger partial charge in [0.25, 0.3) is 10.0 Å². The highest BCUT2D eigenvalue weighted by Crippen LogP contribution is 2.41. The second-order valence-electron chi connectivity index (χ2n) is 8.46. The summed E-state index contributed by atoms with van der Waals surface area (Å²) >= 11 is 0. The molecule has 1 aliphatic rings. The molecule has 6 rings (SSSR count). The van der Waals surface area contributed by atoms with Gasteiger partial charge in [0.2, 0.25) is 6.29 Å². The van der Waals surface area contributed by atoms with Crippen LogP contribution in [0.4, 0.5) is 11.5 Å². The summed E-state index contributed by atoms with van der Waals surface area (Å²) in [4.78, 5) is 8.99. The van der Waals surface area contributed by atoms with Gasteiger partial charge in [0, 0.05) is 11.5 Å². The maximum atomic E-state index is 14.0. The van der Waals surface area contributed by atoms with Crippen molar-refractivity contribution in [3.05, 3.63) is 97.0 Å². The Morgan fingerprint density at radius 1 is 0.895 bits per heavy atom. The lowest BCUT2D eigenvalue weighted by atomic mass is 10.1. The fourth-order valence-corrected chi connectivity index (χ4v) is 5.86. The molecular weight excluding hydrogens is 506 g/mol. The predicted octanol–water partition coefficient (Wildman–Crippen LogP) is 5.47. The Morgan fingerprint density at radius 3 is 2.32 bits per heavy atom. The number of nitrogens with zero attached hydrogens (tertiary/aromatic N) is 3. The van der Waals surface area contributed by atoms with Crippen LogP contribution in [0.3, 0.4) is 0 Å². The highest BCUT2D eigenvalue weighted by Gasteiger charge is 2.30. The molecule has 192 valence electrons. The second kappa shape index (κ2) is 9.90. The van der Waals surface area contributed by atoms with Crippen LogP contribution in [0, 0.1) is 0 Å². The minimum absolute atomic E-state index is 0.136. The first-order chi connectivity index (χ1) is 18.6. The van der Waals surface area contributed by atoms with Crippen molar-refractivity contribution >= 4 is 32.4 Å². The third-order valence-electron chi connectivity index (χ3n) is 6.15. The molecule has 0 N–H and O–H groups in total. The monoisotopic (exact) mass is 529 g/mol. The zero-order valence-corrected chi connectivity index (χ0v) is 21.2. The van der Waals surface area contributed by atoms with E-state index in [0.717, 1.165) is 0 Å². The molecule has 0 radical (unpaired) electrons. The highest BCUT2D eigenvalue weighted by molar-refractivity contribution is 7.93.